The van der Waals surface area contributed by atoms with Crippen LogP contribution in [0, 0.1) is 0 Å². The predicted molar refractivity (Wildman–Crippen MR) is 134 cm³/mol. The van der Waals surface area contributed by atoms with Crippen molar-refractivity contribution in [2.75, 3.05) is 30.0 Å². The van der Waals surface area contributed by atoms with Crippen LogP contribution in [0.4, 0.5) is 11.4 Å². The van der Waals surface area contributed by atoms with E-state index in [1.165, 1.54) is 17.0 Å². The van der Waals surface area contributed by atoms with E-state index in [4.69, 9.17) is 4.74 Å². The maximum atomic E-state index is 13.3. The number of carbonyl (C=O) groups is 2. The Morgan fingerprint density at radius 2 is 1.46 bits per heavy atom. The number of Topliss-reactive ketones (excluding diaryl/α,β-unsaturated/α-hetero) is 1. The lowest BCUT2D eigenvalue weighted by Crippen LogP contribution is -2.29. The minimum absolute atomic E-state index is 0.00511. The molecule has 1 amide bonds. The number of carbonyl (C=O) groups excluding carboxylic acids is 2. The number of rotatable bonds is 5. The third kappa shape index (κ3) is 4.10. The Labute approximate surface area is 203 Å². The molecule has 35 heavy (non-hydrogen) atoms. The number of hydrogen-bond acceptors (Lipinski definition) is 6. The Morgan fingerprint density at radius 1 is 0.857 bits per heavy atom. The van der Waals surface area contributed by atoms with Crippen LogP contribution >= 0.6 is 0 Å². The standard InChI is InChI=1S/C28H26N2O5/c1-35-23-14-6-19(7-15-23)26(32)24-25(18-4-12-22(31)13-5-18)30(28(34)27(24)33)21-10-8-20(9-11-21)29-16-2-3-17-29/h4-15,25,31-32H,2-3,16-17H2,1H3/b26-24+. The average Bonchev–Trinajstić information content (AvgIpc) is 3.52. The molecule has 3 aromatic carbocycles. The molecule has 0 spiro atoms. The number of amides is 1. The van der Waals surface area contributed by atoms with E-state index in [1.807, 2.05) is 24.3 Å². The van der Waals surface area contributed by atoms with Gasteiger partial charge >= 0.3 is 0 Å². The number of ether oxygens (including phenoxy) is 1. The average molecular weight is 471 g/mol. The minimum Gasteiger partial charge on any atom is -0.508 e. The Bertz CT molecular complexity index is 1270. The summed E-state index contributed by atoms with van der Waals surface area (Å²) in [5.74, 6) is -1.07. The third-order valence-electron chi connectivity index (χ3n) is 6.62. The fraction of sp³-hybridized carbons (Fsp3) is 0.214. The number of aliphatic hydroxyl groups excluding tert-OH is 1. The zero-order chi connectivity index (χ0) is 24.5. The molecule has 0 aromatic heterocycles. The van der Waals surface area contributed by atoms with E-state index >= 15 is 0 Å². The van der Waals surface area contributed by atoms with Gasteiger partial charge in [0.05, 0.1) is 18.7 Å². The summed E-state index contributed by atoms with van der Waals surface area (Å²) in [7, 11) is 1.54. The van der Waals surface area contributed by atoms with Crippen LogP contribution < -0.4 is 14.5 Å². The van der Waals surface area contributed by atoms with Gasteiger partial charge < -0.3 is 19.8 Å². The molecule has 7 heteroatoms. The lowest BCUT2D eigenvalue weighted by atomic mass is 9.95. The lowest BCUT2D eigenvalue weighted by molar-refractivity contribution is -0.132. The monoisotopic (exact) mass is 470 g/mol. The maximum Gasteiger partial charge on any atom is 0.300 e. The molecule has 2 heterocycles. The number of hydrogen-bond donors (Lipinski definition) is 2. The zero-order valence-electron chi connectivity index (χ0n) is 19.3. The van der Waals surface area contributed by atoms with E-state index in [2.05, 4.69) is 4.90 Å². The second-order valence-corrected chi connectivity index (χ2v) is 8.70. The van der Waals surface area contributed by atoms with Crippen molar-refractivity contribution in [2.24, 2.45) is 0 Å². The summed E-state index contributed by atoms with van der Waals surface area (Å²) in [6, 6.07) is 19.7. The van der Waals surface area contributed by atoms with Crippen molar-refractivity contribution in [2.45, 2.75) is 18.9 Å². The van der Waals surface area contributed by atoms with Crippen molar-refractivity contribution >= 4 is 28.8 Å². The molecule has 2 N–H and O–H groups in total. The van der Waals surface area contributed by atoms with Crippen LogP contribution in [-0.4, -0.2) is 42.1 Å². The fourth-order valence-electron chi connectivity index (χ4n) is 4.77. The molecule has 2 aliphatic rings. The summed E-state index contributed by atoms with van der Waals surface area (Å²) < 4.78 is 5.18. The zero-order valence-corrected chi connectivity index (χ0v) is 19.3. The van der Waals surface area contributed by atoms with E-state index in [9.17, 15) is 19.8 Å². The first kappa shape index (κ1) is 22.5. The molecular weight excluding hydrogens is 444 g/mol. The Morgan fingerprint density at radius 3 is 2.06 bits per heavy atom. The molecule has 0 aliphatic carbocycles. The molecule has 0 saturated carbocycles. The molecule has 3 aromatic rings. The van der Waals surface area contributed by atoms with Gasteiger partial charge in [-0.3, -0.25) is 14.5 Å². The van der Waals surface area contributed by atoms with Crippen molar-refractivity contribution in [1.29, 1.82) is 0 Å². The van der Waals surface area contributed by atoms with Gasteiger partial charge in [-0.15, -0.1) is 0 Å². The Balaban J connectivity index is 1.61. The van der Waals surface area contributed by atoms with Crippen LogP contribution in [0.3, 0.4) is 0 Å². The van der Waals surface area contributed by atoms with Gasteiger partial charge in [-0.2, -0.15) is 0 Å². The van der Waals surface area contributed by atoms with E-state index in [0.29, 0.717) is 22.6 Å². The molecule has 2 fully saturated rings. The van der Waals surface area contributed by atoms with Gasteiger partial charge in [0.2, 0.25) is 0 Å². The van der Waals surface area contributed by atoms with Crippen molar-refractivity contribution < 1.29 is 24.5 Å². The number of aliphatic hydroxyl groups is 1. The second-order valence-electron chi connectivity index (χ2n) is 8.70. The van der Waals surface area contributed by atoms with Gasteiger partial charge in [0.1, 0.15) is 17.3 Å². The highest BCUT2D eigenvalue weighted by molar-refractivity contribution is 6.51. The summed E-state index contributed by atoms with van der Waals surface area (Å²) in [6.45, 7) is 2.00. The first-order chi connectivity index (χ1) is 17.0. The summed E-state index contributed by atoms with van der Waals surface area (Å²) in [4.78, 5) is 30.3. The molecule has 2 saturated heterocycles. The molecule has 5 rings (SSSR count). The topological polar surface area (TPSA) is 90.3 Å². The lowest BCUT2D eigenvalue weighted by Gasteiger charge is -2.26. The van der Waals surface area contributed by atoms with Gasteiger partial charge in [-0.25, -0.2) is 0 Å². The molecule has 178 valence electrons. The maximum absolute atomic E-state index is 13.3. The molecule has 0 radical (unpaired) electrons. The SMILES string of the molecule is COc1ccc(/C(O)=C2\C(=O)C(=O)N(c3ccc(N4CCCC4)cc3)C2c2ccc(O)cc2)cc1. The molecule has 1 atom stereocenters. The number of nitrogens with zero attached hydrogens (tertiary/aromatic N) is 2. The van der Waals surface area contributed by atoms with Gasteiger partial charge in [0.15, 0.2) is 0 Å². The minimum atomic E-state index is -0.852. The van der Waals surface area contributed by atoms with Gasteiger partial charge in [0, 0.05) is 30.0 Å². The number of benzene rings is 3. The summed E-state index contributed by atoms with van der Waals surface area (Å²) in [5, 5.41) is 21.0. The van der Waals surface area contributed by atoms with Gasteiger partial charge in [-0.05, 0) is 79.1 Å². The van der Waals surface area contributed by atoms with Crippen molar-refractivity contribution in [3.05, 3.63) is 89.5 Å². The van der Waals surface area contributed by atoms with E-state index in [1.54, 1.807) is 43.5 Å². The highest BCUT2D eigenvalue weighted by atomic mass is 16.5. The van der Waals surface area contributed by atoms with Crippen LogP contribution in [0.1, 0.15) is 30.0 Å². The van der Waals surface area contributed by atoms with E-state index in [-0.39, 0.29) is 17.1 Å². The van der Waals surface area contributed by atoms with Gasteiger partial charge in [0.25, 0.3) is 11.7 Å². The normalized spacial score (nSPS) is 19.4. The Kier molecular flexibility index (Phi) is 5.91. The third-order valence-corrected chi connectivity index (χ3v) is 6.62. The number of phenols is 1. The van der Waals surface area contributed by atoms with Crippen LogP contribution in [0.2, 0.25) is 0 Å². The molecule has 1 unspecified atom stereocenters. The van der Waals surface area contributed by atoms with Gasteiger partial charge in [-0.1, -0.05) is 12.1 Å². The molecule has 2 aliphatic heterocycles. The van der Waals surface area contributed by atoms with Crippen molar-refractivity contribution in [3.63, 3.8) is 0 Å². The predicted octanol–water partition coefficient (Wildman–Crippen LogP) is 4.63. The smallest absolute Gasteiger partial charge is 0.300 e. The summed E-state index contributed by atoms with van der Waals surface area (Å²) >= 11 is 0. The number of anilines is 2. The van der Waals surface area contributed by atoms with Crippen molar-refractivity contribution in [1.82, 2.24) is 0 Å². The summed E-state index contributed by atoms with van der Waals surface area (Å²) in [5.41, 5.74) is 2.62. The van der Waals surface area contributed by atoms with Crippen LogP contribution in [0.15, 0.2) is 78.4 Å². The fourth-order valence-corrected chi connectivity index (χ4v) is 4.77. The van der Waals surface area contributed by atoms with Crippen LogP contribution in [0.25, 0.3) is 5.76 Å². The van der Waals surface area contributed by atoms with E-state index < -0.39 is 17.7 Å². The van der Waals surface area contributed by atoms with E-state index in [0.717, 1.165) is 31.6 Å². The molecular formula is C28H26N2O5. The largest absolute Gasteiger partial charge is 0.508 e. The number of aromatic hydroxyl groups is 1. The van der Waals surface area contributed by atoms with Crippen LogP contribution in [-0.2, 0) is 9.59 Å². The Hall–Kier alpha value is -4.26. The molecule has 7 nitrogen and oxygen atoms in total. The number of phenolic OH excluding ortho intramolecular Hbond substituents is 1. The highest BCUT2D eigenvalue weighted by Crippen LogP contribution is 2.43. The number of ketones is 1. The first-order valence-electron chi connectivity index (χ1n) is 11.6. The summed E-state index contributed by atoms with van der Waals surface area (Å²) in [6.07, 6.45) is 2.31. The second kappa shape index (κ2) is 9.18. The van der Waals surface area contributed by atoms with Crippen molar-refractivity contribution in [3.8, 4) is 11.5 Å². The quantitative estimate of drug-likeness (QED) is 0.321. The highest BCUT2D eigenvalue weighted by Gasteiger charge is 2.47. The number of methoxy groups -OCH3 is 1. The first-order valence-corrected chi connectivity index (χ1v) is 11.6. The molecule has 0 bridgehead atoms. The van der Waals surface area contributed by atoms with Crippen LogP contribution in [0.5, 0.6) is 11.5 Å².